The molecule has 1 heteroatoms. The van der Waals surface area contributed by atoms with Crippen molar-refractivity contribution in [3.8, 4) is 0 Å². The summed E-state index contributed by atoms with van der Waals surface area (Å²) in [6.07, 6.45) is 6.94. The van der Waals surface area contributed by atoms with Crippen LogP contribution in [0.15, 0.2) is 12.3 Å². The SMILES string of the molecule is C=C(OC)C(C)C1CCCCC1. The molecular weight excluding hydrogens is 148 g/mol. The fraction of sp³-hybridized carbons (Fsp3) is 0.818. The molecule has 0 bridgehead atoms. The van der Waals surface area contributed by atoms with E-state index in [1.165, 1.54) is 32.1 Å². The Morgan fingerprint density at radius 3 is 2.42 bits per heavy atom. The molecule has 1 atom stereocenters. The zero-order chi connectivity index (χ0) is 8.97. The summed E-state index contributed by atoms with van der Waals surface area (Å²) in [6, 6.07) is 0. The fourth-order valence-corrected chi connectivity index (χ4v) is 2.08. The Morgan fingerprint density at radius 2 is 1.92 bits per heavy atom. The predicted octanol–water partition coefficient (Wildman–Crippen LogP) is 3.36. The number of methoxy groups -OCH3 is 1. The minimum absolute atomic E-state index is 0.551. The van der Waals surface area contributed by atoms with Crippen LogP contribution in [0, 0.1) is 11.8 Å². The molecule has 0 saturated heterocycles. The maximum absolute atomic E-state index is 5.17. The fourth-order valence-electron chi connectivity index (χ4n) is 2.08. The molecule has 1 saturated carbocycles. The average molecular weight is 168 g/mol. The third kappa shape index (κ3) is 2.26. The van der Waals surface area contributed by atoms with Gasteiger partial charge in [-0.1, -0.05) is 32.8 Å². The molecule has 0 amide bonds. The van der Waals surface area contributed by atoms with Gasteiger partial charge in [0.15, 0.2) is 0 Å². The van der Waals surface area contributed by atoms with Crippen LogP contribution in [0.4, 0.5) is 0 Å². The molecule has 0 aromatic carbocycles. The topological polar surface area (TPSA) is 9.23 Å². The van der Waals surface area contributed by atoms with E-state index >= 15 is 0 Å². The lowest BCUT2D eigenvalue weighted by Crippen LogP contribution is -2.17. The number of ether oxygens (including phenoxy) is 1. The zero-order valence-electron chi connectivity index (χ0n) is 8.31. The normalized spacial score (nSPS) is 21.8. The van der Waals surface area contributed by atoms with E-state index in [0.29, 0.717) is 5.92 Å². The van der Waals surface area contributed by atoms with Crippen LogP contribution in [0.25, 0.3) is 0 Å². The van der Waals surface area contributed by atoms with Crippen molar-refractivity contribution >= 4 is 0 Å². The second-order valence-corrected chi connectivity index (χ2v) is 3.86. The lowest BCUT2D eigenvalue weighted by Gasteiger charge is -2.28. The number of allylic oxidation sites excluding steroid dienone is 1. The number of hydrogen-bond acceptors (Lipinski definition) is 1. The van der Waals surface area contributed by atoms with E-state index in [1.54, 1.807) is 7.11 Å². The van der Waals surface area contributed by atoms with Crippen LogP contribution in [0.2, 0.25) is 0 Å². The number of hydrogen-bond donors (Lipinski definition) is 0. The van der Waals surface area contributed by atoms with Crippen LogP contribution in [0.3, 0.4) is 0 Å². The molecule has 1 aliphatic rings. The van der Waals surface area contributed by atoms with Crippen LogP contribution in [-0.2, 0) is 4.74 Å². The van der Waals surface area contributed by atoms with Crippen LogP contribution in [0.1, 0.15) is 39.0 Å². The van der Waals surface area contributed by atoms with Gasteiger partial charge in [0, 0.05) is 5.92 Å². The van der Waals surface area contributed by atoms with Crippen LogP contribution >= 0.6 is 0 Å². The van der Waals surface area contributed by atoms with Crippen molar-refractivity contribution < 1.29 is 4.74 Å². The number of rotatable bonds is 3. The van der Waals surface area contributed by atoms with E-state index in [2.05, 4.69) is 13.5 Å². The first-order valence-electron chi connectivity index (χ1n) is 4.98. The Kier molecular flexibility index (Phi) is 3.64. The van der Waals surface area contributed by atoms with Crippen molar-refractivity contribution in [2.24, 2.45) is 11.8 Å². The van der Waals surface area contributed by atoms with Crippen LogP contribution in [0.5, 0.6) is 0 Å². The van der Waals surface area contributed by atoms with Gasteiger partial charge in [0.25, 0.3) is 0 Å². The van der Waals surface area contributed by atoms with E-state index in [1.807, 2.05) is 0 Å². The Hall–Kier alpha value is -0.460. The molecule has 1 nitrogen and oxygen atoms in total. The van der Waals surface area contributed by atoms with Crippen LogP contribution in [-0.4, -0.2) is 7.11 Å². The highest BCUT2D eigenvalue weighted by atomic mass is 16.5. The highest BCUT2D eigenvalue weighted by Gasteiger charge is 2.22. The van der Waals surface area contributed by atoms with Crippen LogP contribution < -0.4 is 0 Å². The summed E-state index contributed by atoms with van der Waals surface area (Å²) in [4.78, 5) is 0. The molecule has 70 valence electrons. The molecule has 1 unspecified atom stereocenters. The molecule has 0 radical (unpaired) electrons. The zero-order valence-corrected chi connectivity index (χ0v) is 8.31. The molecule has 1 fully saturated rings. The minimum atomic E-state index is 0.551. The second kappa shape index (κ2) is 4.54. The largest absolute Gasteiger partial charge is 0.501 e. The average Bonchev–Trinajstić information content (AvgIpc) is 2.17. The van der Waals surface area contributed by atoms with Crippen molar-refractivity contribution in [1.82, 2.24) is 0 Å². The van der Waals surface area contributed by atoms with Gasteiger partial charge >= 0.3 is 0 Å². The van der Waals surface area contributed by atoms with E-state index in [-0.39, 0.29) is 0 Å². The van der Waals surface area contributed by atoms with Crippen molar-refractivity contribution in [1.29, 1.82) is 0 Å². The predicted molar refractivity (Wildman–Crippen MR) is 51.9 cm³/mol. The van der Waals surface area contributed by atoms with E-state index in [9.17, 15) is 0 Å². The smallest absolute Gasteiger partial charge is 0.0914 e. The van der Waals surface area contributed by atoms with Crippen molar-refractivity contribution in [2.45, 2.75) is 39.0 Å². The summed E-state index contributed by atoms with van der Waals surface area (Å²) in [5, 5.41) is 0. The Balaban J connectivity index is 2.39. The highest BCUT2D eigenvalue weighted by Crippen LogP contribution is 2.32. The van der Waals surface area contributed by atoms with Gasteiger partial charge in [-0.05, 0) is 18.8 Å². The summed E-state index contributed by atoms with van der Waals surface area (Å²) >= 11 is 0. The monoisotopic (exact) mass is 168 g/mol. The lowest BCUT2D eigenvalue weighted by molar-refractivity contribution is 0.188. The molecule has 0 aromatic rings. The highest BCUT2D eigenvalue weighted by molar-refractivity contribution is 4.92. The molecule has 0 spiro atoms. The van der Waals surface area contributed by atoms with E-state index in [4.69, 9.17) is 4.74 Å². The standard InChI is InChI=1S/C11H20O/c1-9(10(2)12-3)11-7-5-4-6-8-11/h9,11H,2,4-8H2,1,3H3. The third-order valence-corrected chi connectivity index (χ3v) is 3.13. The second-order valence-electron chi connectivity index (χ2n) is 3.86. The summed E-state index contributed by atoms with van der Waals surface area (Å²) in [5.41, 5.74) is 0. The quantitative estimate of drug-likeness (QED) is 0.587. The van der Waals surface area contributed by atoms with Crippen molar-refractivity contribution in [3.05, 3.63) is 12.3 Å². The molecule has 12 heavy (non-hydrogen) atoms. The first-order chi connectivity index (χ1) is 5.75. The van der Waals surface area contributed by atoms with Gasteiger partial charge in [0.1, 0.15) is 0 Å². The van der Waals surface area contributed by atoms with E-state index in [0.717, 1.165) is 11.7 Å². The molecule has 1 aliphatic carbocycles. The maximum atomic E-state index is 5.17. The van der Waals surface area contributed by atoms with Gasteiger partial charge in [-0.2, -0.15) is 0 Å². The Labute approximate surface area is 75.8 Å². The van der Waals surface area contributed by atoms with Gasteiger partial charge < -0.3 is 4.74 Å². The first kappa shape index (κ1) is 9.63. The van der Waals surface area contributed by atoms with Gasteiger partial charge in [0.2, 0.25) is 0 Å². The minimum Gasteiger partial charge on any atom is -0.501 e. The summed E-state index contributed by atoms with van der Waals surface area (Å²) in [7, 11) is 1.72. The first-order valence-corrected chi connectivity index (χ1v) is 4.98. The summed E-state index contributed by atoms with van der Waals surface area (Å²) in [5.74, 6) is 2.34. The van der Waals surface area contributed by atoms with Gasteiger partial charge in [-0.15, -0.1) is 0 Å². The summed E-state index contributed by atoms with van der Waals surface area (Å²) < 4.78 is 5.17. The summed E-state index contributed by atoms with van der Waals surface area (Å²) in [6.45, 7) is 6.16. The molecular formula is C11H20O. The van der Waals surface area contributed by atoms with Crippen molar-refractivity contribution in [2.75, 3.05) is 7.11 Å². The van der Waals surface area contributed by atoms with E-state index < -0.39 is 0 Å². The molecule has 0 N–H and O–H groups in total. The molecule has 0 aromatic heterocycles. The Morgan fingerprint density at radius 1 is 1.33 bits per heavy atom. The van der Waals surface area contributed by atoms with Gasteiger partial charge in [0.05, 0.1) is 12.9 Å². The third-order valence-electron chi connectivity index (χ3n) is 3.13. The van der Waals surface area contributed by atoms with Crippen molar-refractivity contribution in [3.63, 3.8) is 0 Å². The molecule has 1 rings (SSSR count). The Bertz CT molecular complexity index is 145. The van der Waals surface area contributed by atoms with Gasteiger partial charge in [-0.25, -0.2) is 0 Å². The molecule has 0 aliphatic heterocycles. The lowest BCUT2D eigenvalue weighted by atomic mass is 9.80. The maximum Gasteiger partial charge on any atom is 0.0914 e. The van der Waals surface area contributed by atoms with Gasteiger partial charge in [-0.3, -0.25) is 0 Å². The molecule has 0 heterocycles.